The van der Waals surface area contributed by atoms with Crippen molar-refractivity contribution >= 4 is 5.97 Å². The Morgan fingerprint density at radius 2 is 1.97 bits per heavy atom. The molecular formula is C23H21N5O2. The minimum absolute atomic E-state index is 0.232. The van der Waals surface area contributed by atoms with Crippen molar-refractivity contribution in [2.45, 2.75) is 33.4 Å². The van der Waals surface area contributed by atoms with Crippen molar-refractivity contribution < 1.29 is 9.53 Å². The fourth-order valence-electron chi connectivity index (χ4n) is 3.50. The number of esters is 1. The number of rotatable bonds is 6. The number of nitriles is 1. The van der Waals surface area contributed by atoms with E-state index in [1.807, 2.05) is 32.0 Å². The molecule has 0 spiro atoms. The molecule has 0 unspecified atom stereocenters. The number of cyclic esters (lactones) is 1. The first-order chi connectivity index (χ1) is 14.6. The predicted molar refractivity (Wildman–Crippen MR) is 110 cm³/mol. The summed E-state index contributed by atoms with van der Waals surface area (Å²) in [6.07, 6.45) is 5.92. The fraction of sp³-hybridized carbons (Fsp3) is 0.261. The maximum Gasteiger partial charge on any atom is 0.338 e. The second-order valence-corrected chi connectivity index (χ2v) is 7.26. The van der Waals surface area contributed by atoms with Crippen LogP contribution in [-0.4, -0.2) is 27.5 Å². The van der Waals surface area contributed by atoms with Gasteiger partial charge < -0.3 is 10.1 Å². The Morgan fingerprint density at radius 3 is 2.70 bits per heavy atom. The highest BCUT2D eigenvalue weighted by atomic mass is 16.5. The monoisotopic (exact) mass is 399 g/mol. The van der Waals surface area contributed by atoms with E-state index in [1.165, 1.54) is 5.56 Å². The molecule has 0 bridgehead atoms. The van der Waals surface area contributed by atoms with E-state index in [2.05, 4.69) is 26.3 Å². The van der Waals surface area contributed by atoms with Gasteiger partial charge in [0.25, 0.3) is 0 Å². The second-order valence-electron chi connectivity index (χ2n) is 7.26. The van der Waals surface area contributed by atoms with E-state index < -0.39 is 0 Å². The van der Waals surface area contributed by atoms with Gasteiger partial charge in [-0.2, -0.15) is 5.26 Å². The molecule has 2 aromatic heterocycles. The first-order valence-corrected chi connectivity index (χ1v) is 9.74. The molecule has 0 saturated heterocycles. The van der Waals surface area contributed by atoms with Crippen LogP contribution in [-0.2, 0) is 24.3 Å². The first kappa shape index (κ1) is 19.7. The lowest BCUT2D eigenvalue weighted by Gasteiger charge is -2.10. The average Bonchev–Trinajstić information content (AvgIpc) is 3.14. The van der Waals surface area contributed by atoms with E-state index in [-0.39, 0.29) is 5.97 Å². The van der Waals surface area contributed by atoms with Crippen molar-refractivity contribution in [2.24, 2.45) is 0 Å². The Hall–Kier alpha value is -3.63. The van der Waals surface area contributed by atoms with Crippen LogP contribution in [0.5, 0.6) is 0 Å². The molecule has 0 aliphatic carbocycles. The number of aryl methyl sites for hydroxylation is 1. The molecule has 30 heavy (non-hydrogen) atoms. The molecule has 7 heteroatoms. The van der Waals surface area contributed by atoms with Crippen molar-refractivity contribution in [1.29, 1.82) is 5.26 Å². The van der Waals surface area contributed by atoms with Crippen LogP contribution >= 0.6 is 0 Å². The van der Waals surface area contributed by atoms with E-state index in [0.717, 1.165) is 40.9 Å². The number of fused-ring (bicyclic) bond motifs is 1. The fourth-order valence-corrected chi connectivity index (χ4v) is 3.50. The number of benzene rings is 1. The van der Waals surface area contributed by atoms with E-state index in [0.29, 0.717) is 30.1 Å². The molecule has 0 atom stereocenters. The van der Waals surface area contributed by atoms with Crippen LogP contribution in [0, 0.1) is 25.2 Å². The zero-order valence-electron chi connectivity index (χ0n) is 16.9. The maximum atomic E-state index is 11.6. The molecule has 0 fully saturated rings. The largest absolute Gasteiger partial charge is 0.457 e. The number of hydrogen-bond acceptors (Lipinski definition) is 7. The zero-order valence-corrected chi connectivity index (χ0v) is 16.9. The van der Waals surface area contributed by atoms with Gasteiger partial charge in [0.1, 0.15) is 18.5 Å². The molecule has 1 N–H and O–H groups in total. The van der Waals surface area contributed by atoms with Gasteiger partial charge in [-0.25, -0.2) is 14.8 Å². The summed E-state index contributed by atoms with van der Waals surface area (Å²) in [5.74, 6) is 0.471. The summed E-state index contributed by atoms with van der Waals surface area (Å²) in [4.78, 5) is 24.8. The van der Waals surface area contributed by atoms with Gasteiger partial charge in [0.05, 0.1) is 23.4 Å². The summed E-state index contributed by atoms with van der Waals surface area (Å²) >= 11 is 0. The second kappa shape index (κ2) is 8.39. The van der Waals surface area contributed by atoms with Crippen LogP contribution in [0.4, 0.5) is 0 Å². The third kappa shape index (κ3) is 3.91. The Bertz CT molecular complexity index is 1150. The van der Waals surface area contributed by atoms with Gasteiger partial charge in [-0.05, 0) is 55.6 Å². The van der Waals surface area contributed by atoms with Crippen molar-refractivity contribution in [1.82, 2.24) is 20.3 Å². The average molecular weight is 399 g/mol. The minimum Gasteiger partial charge on any atom is -0.457 e. The number of carbonyl (C=O) groups excluding carboxylic acids is 1. The van der Waals surface area contributed by atoms with Crippen molar-refractivity contribution in [3.05, 3.63) is 76.0 Å². The maximum absolute atomic E-state index is 11.6. The summed E-state index contributed by atoms with van der Waals surface area (Å²) in [5, 5.41) is 12.4. The Balaban J connectivity index is 1.33. The lowest BCUT2D eigenvalue weighted by molar-refractivity contribution is 0.0535. The summed E-state index contributed by atoms with van der Waals surface area (Å²) in [7, 11) is 0. The zero-order chi connectivity index (χ0) is 21.1. The van der Waals surface area contributed by atoms with Crippen LogP contribution in [0.1, 0.15) is 44.0 Å². The minimum atomic E-state index is -0.232. The van der Waals surface area contributed by atoms with Gasteiger partial charge in [-0.3, -0.25) is 4.98 Å². The van der Waals surface area contributed by atoms with Gasteiger partial charge in [-0.15, -0.1) is 0 Å². The topological polar surface area (TPSA) is 101 Å². The van der Waals surface area contributed by atoms with Gasteiger partial charge >= 0.3 is 5.97 Å². The van der Waals surface area contributed by atoms with Crippen LogP contribution in [0.15, 0.2) is 36.8 Å². The molecule has 4 rings (SSSR count). The van der Waals surface area contributed by atoms with Gasteiger partial charge in [0.2, 0.25) is 0 Å². The van der Waals surface area contributed by atoms with Crippen molar-refractivity contribution in [3.63, 3.8) is 0 Å². The van der Waals surface area contributed by atoms with Crippen LogP contribution in [0.25, 0.3) is 11.3 Å². The molecule has 1 aliphatic rings. The Labute approximate surface area is 174 Å². The van der Waals surface area contributed by atoms with Crippen LogP contribution in [0.2, 0.25) is 0 Å². The quantitative estimate of drug-likeness (QED) is 0.502. The van der Waals surface area contributed by atoms with E-state index in [4.69, 9.17) is 10.00 Å². The van der Waals surface area contributed by atoms with E-state index in [1.54, 1.807) is 18.6 Å². The number of carbonyl (C=O) groups is 1. The predicted octanol–water partition coefficient (Wildman–Crippen LogP) is 3.03. The van der Waals surface area contributed by atoms with Crippen molar-refractivity contribution in [2.75, 3.05) is 6.54 Å². The number of pyridine rings is 1. The highest BCUT2D eigenvalue weighted by Crippen LogP contribution is 2.26. The number of nitrogens with zero attached hydrogens (tertiary/aromatic N) is 4. The molecule has 3 aromatic rings. The molecule has 0 amide bonds. The van der Waals surface area contributed by atoms with Crippen molar-refractivity contribution in [3.8, 4) is 17.3 Å². The van der Waals surface area contributed by atoms with Crippen LogP contribution < -0.4 is 5.32 Å². The lowest BCUT2D eigenvalue weighted by atomic mass is 9.97. The molecule has 1 aliphatic heterocycles. The van der Waals surface area contributed by atoms with Gasteiger partial charge in [-0.1, -0.05) is 6.07 Å². The molecule has 150 valence electrons. The van der Waals surface area contributed by atoms with Gasteiger partial charge in [0, 0.05) is 29.7 Å². The van der Waals surface area contributed by atoms with E-state index in [9.17, 15) is 4.79 Å². The highest BCUT2D eigenvalue weighted by molar-refractivity contribution is 5.93. The summed E-state index contributed by atoms with van der Waals surface area (Å²) in [6.45, 7) is 5.63. The van der Waals surface area contributed by atoms with Crippen LogP contribution in [0.3, 0.4) is 0 Å². The molecule has 3 heterocycles. The number of hydrogen-bond donors (Lipinski definition) is 1. The normalized spacial score (nSPS) is 12.4. The standard InChI is InChI=1S/C23H21N5O2/c1-14-7-21(26-9-17(14)8-24)18-10-27-22(28-11-18)12-25-6-5-16-3-4-19-20(15(16)2)13-30-23(19)29/h3-4,7,9-11,25H,5-6,12-13H2,1-2H3. The third-order valence-corrected chi connectivity index (χ3v) is 5.36. The number of nitrogens with one attached hydrogen (secondary N) is 1. The molecule has 0 radical (unpaired) electrons. The van der Waals surface area contributed by atoms with E-state index >= 15 is 0 Å². The third-order valence-electron chi connectivity index (χ3n) is 5.36. The highest BCUT2D eigenvalue weighted by Gasteiger charge is 2.23. The number of ether oxygens (including phenoxy) is 1. The molecular weight excluding hydrogens is 378 g/mol. The molecule has 1 aromatic carbocycles. The first-order valence-electron chi connectivity index (χ1n) is 9.74. The number of aromatic nitrogens is 3. The lowest BCUT2D eigenvalue weighted by Crippen LogP contribution is -2.19. The SMILES string of the molecule is Cc1cc(-c2cnc(CNCCc3ccc4c(c3C)COC4=O)nc2)ncc1C#N. The molecule has 0 saturated carbocycles. The Kier molecular flexibility index (Phi) is 5.50. The summed E-state index contributed by atoms with van der Waals surface area (Å²) < 4.78 is 5.11. The molecule has 7 nitrogen and oxygen atoms in total. The summed E-state index contributed by atoms with van der Waals surface area (Å²) in [5.41, 5.74) is 7.04. The summed E-state index contributed by atoms with van der Waals surface area (Å²) in [6, 6.07) is 7.84. The van der Waals surface area contributed by atoms with Gasteiger partial charge in [0.15, 0.2) is 0 Å². The Morgan fingerprint density at radius 1 is 1.17 bits per heavy atom. The smallest absolute Gasteiger partial charge is 0.338 e.